The summed E-state index contributed by atoms with van der Waals surface area (Å²) in [5.41, 5.74) is 2.80. The molecule has 2 aliphatic carbocycles. The molecule has 2 fully saturated rings. The third kappa shape index (κ3) is 2.42. The van der Waals surface area contributed by atoms with Crippen LogP contribution in [-0.2, 0) is 4.79 Å². The average molecular weight is 286 g/mol. The quantitative estimate of drug-likeness (QED) is 0.903. The number of nitrogens with zero attached hydrogens (tertiary/aromatic N) is 2. The number of carbonyl (C=O) groups excluding carboxylic acids is 1. The first-order chi connectivity index (χ1) is 10.1. The zero-order valence-electron chi connectivity index (χ0n) is 12.5. The zero-order valence-corrected chi connectivity index (χ0v) is 12.5. The van der Waals surface area contributed by atoms with E-state index >= 15 is 0 Å². The van der Waals surface area contributed by atoms with Crippen LogP contribution in [0.15, 0.2) is 18.2 Å². The molecule has 4 nitrogen and oxygen atoms in total. The van der Waals surface area contributed by atoms with E-state index in [9.17, 15) is 9.90 Å². The Morgan fingerprint density at radius 1 is 1.19 bits per heavy atom. The highest BCUT2D eigenvalue weighted by Crippen LogP contribution is 2.40. The van der Waals surface area contributed by atoms with Crippen LogP contribution >= 0.6 is 0 Å². The maximum atomic E-state index is 11.9. The molecule has 1 heterocycles. The van der Waals surface area contributed by atoms with Crippen LogP contribution in [-0.4, -0.2) is 31.2 Å². The van der Waals surface area contributed by atoms with E-state index in [0.29, 0.717) is 0 Å². The summed E-state index contributed by atoms with van der Waals surface area (Å²) in [6.07, 6.45) is 4.41. The molecule has 0 radical (unpaired) electrons. The highest BCUT2D eigenvalue weighted by atomic mass is 16.3. The van der Waals surface area contributed by atoms with Crippen LogP contribution in [0, 0.1) is 11.8 Å². The first-order valence-electron chi connectivity index (χ1n) is 7.98. The average Bonchev–Trinajstić information content (AvgIpc) is 3.39. The summed E-state index contributed by atoms with van der Waals surface area (Å²) < 4.78 is 0. The van der Waals surface area contributed by atoms with Gasteiger partial charge in [-0.1, -0.05) is 6.07 Å². The molecule has 1 N–H and O–H groups in total. The van der Waals surface area contributed by atoms with Crippen LogP contribution in [0.1, 0.15) is 37.4 Å². The van der Waals surface area contributed by atoms with Crippen LogP contribution in [0.4, 0.5) is 11.4 Å². The van der Waals surface area contributed by atoms with Gasteiger partial charge in [-0.15, -0.1) is 0 Å². The van der Waals surface area contributed by atoms with Crippen molar-refractivity contribution in [1.29, 1.82) is 0 Å². The SMILES string of the molecule is CN1C(=O)C(O)c2ccc(N(CC3CC3)CC3CC3)cc21. The van der Waals surface area contributed by atoms with Gasteiger partial charge in [0, 0.05) is 31.4 Å². The van der Waals surface area contributed by atoms with E-state index in [1.54, 1.807) is 11.9 Å². The third-order valence-corrected chi connectivity index (χ3v) is 4.95. The lowest BCUT2D eigenvalue weighted by atomic mass is 10.1. The summed E-state index contributed by atoms with van der Waals surface area (Å²) in [5.74, 6) is 1.47. The van der Waals surface area contributed by atoms with E-state index in [0.717, 1.165) is 36.2 Å². The molecule has 1 aliphatic heterocycles. The van der Waals surface area contributed by atoms with Crippen molar-refractivity contribution < 1.29 is 9.90 Å². The molecule has 112 valence electrons. The molecule has 1 aromatic carbocycles. The van der Waals surface area contributed by atoms with E-state index < -0.39 is 6.10 Å². The number of fused-ring (bicyclic) bond motifs is 1. The molecule has 4 rings (SSSR count). The normalized spacial score (nSPS) is 24.4. The predicted molar refractivity (Wildman–Crippen MR) is 82.5 cm³/mol. The second kappa shape index (κ2) is 4.73. The Balaban J connectivity index is 1.62. The fraction of sp³-hybridized carbons (Fsp3) is 0.588. The molecule has 0 saturated heterocycles. The zero-order chi connectivity index (χ0) is 14.6. The molecule has 3 aliphatic rings. The number of hydrogen-bond donors (Lipinski definition) is 1. The molecular formula is C17H22N2O2. The summed E-state index contributed by atoms with van der Waals surface area (Å²) in [6, 6.07) is 6.07. The number of aliphatic hydroxyl groups is 1. The van der Waals surface area contributed by atoms with Gasteiger partial charge in [0.1, 0.15) is 0 Å². The van der Waals surface area contributed by atoms with Crippen molar-refractivity contribution in [3.63, 3.8) is 0 Å². The number of benzene rings is 1. The Labute approximate surface area is 125 Å². The Kier molecular flexibility index (Phi) is 2.96. The minimum Gasteiger partial charge on any atom is -0.378 e. The Bertz CT molecular complexity index is 564. The highest BCUT2D eigenvalue weighted by molar-refractivity contribution is 6.03. The first-order valence-corrected chi connectivity index (χ1v) is 7.98. The number of carbonyl (C=O) groups is 1. The predicted octanol–water partition coefficient (Wildman–Crippen LogP) is 2.32. The number of anilines is 2. The topological polar surface area (TPSA) is 43.8 Å². The van der Waals surface area contributed by atoms with E-state index in [4.69, 9.17) is 0 Å². The molecule has 21 heavy (non-hydrogen) atoms. The van der Waals surface area contributed by atoms with Crippen molar-refractivity contribution in [3.05, 3.63) is 23.8 Å². The second-order valence-corrected chi connectivity index (χ2v) is 6.83. The monoisotopic (exact) mass is 286 g/mol. The van der Waals surface area contributed by atoms with Gasteiger partial charge in [-0.05, 0) is 49.7 Å². The van der Waals surface area contributed by atoms with Crippen molar-refractivity contribution in [2.75, 3.05) is 29.9 Å². The molecule has 1 amide bonds. The highest BCUT2D eigenvalue weighted by Gasteiger charge is 2.35. The third-order valence-electron chi connectivity index (χ3n) is 4.95. The van der Waals surface area contributed by atoms with Gasteiger partial charge in [0.15, 0.2) is 6.10 Å². The van der Waals surface area contributed by atoms with Gasteiger partial charge in [0.2, 0.25) is 0 Å². The molecule has 4 heteroatoms. The number of aliphatic hydroxyl groups excluding tert-OH is 1. The molecular weight excluding hydrogens is 264 g/mol. The van der Waals surface area contributed by atoms with Crippen LogP contribution < -0.4 is 9.80 Å². The lowest BCUT2D eigenvalue weighted by Gasteiger charge is -2.26. The minimum atomic E-state index is -0.987. The molecule has 1 aromatic rings. The van der Waals surface area contributed by atoms with Crippen molar-refractivity contribution in [2.45, 2.75) is 31.8 Å². The fourth-order valence-corrected chi connectivity index (χ4v) is 3.20. The van der Waals surface area contributed by atoms with Crippen LogP contribution in [0.5, 0.6) is 0 Å². The summed E-state index contributed by atoms with van der Waals surface area (Å²) in [4.78, 5) is 15.9. The van der Waals surface area contributed by atoms with Gasteiger partial charge in [-0.3, -0.25) is 4.79 Å². The molecule has 0 bridgehead atoms. The summed E-state index contributed by atoms with van der Waals surface area (Å²) in [7, 11) is 1.74. The van der Waals surface area contributed by atoms with E-state index in [1.807, 2.05) is 6.07 Å². The lowest BCUT2D eigenvalue weighted by molar-refractivity contribution is -0.125. The smallest absolute Gasteiger partial charge is 0.260 e. The lowest BCUT2D eigenvalue weighted by Crippen LogP contribution is -2.28. The molecule has 0 aromatic heterocycles. The van der Waals surface area contributed by atoms with E-state index in [-0.39, 0.29) is 5.91 Å². The van der Waals surface area contributed by atoms with Crippen molar-refractivity contribution >= 4 is 17.3 Å². The summed E-state index contributed by atoms with van der Waals surface area (Å²) in [6.45, 7) is 2.27. The number of hydrogen-bond acceptors (Lipinski definition) is 3. The van der Waals surface area contributed by atoms with Crippen molar-refractivity contribution in [3.8, 4) is 0 Å². The van der Waals surface area contributed by atoms with Crippen LogP contribution in [0.2, 0.25) is 0 Å². The van der Waals surface area contributed by atoms with Gasteiger partial charge in [-0.2, -0.15) is 0 Å². The molecule has 0 spiro atoms. The van der Waals surface area contributed by atoms with Gasteiger partial charge < -0.3 is 14.9 Å². The largest absolute Gasteiger partial charge is 0.378 e. The number of rotatable bonds is 5. The van der Waals surface area contributed by atoms with Crippen LogP contribution in [0.25, 0.3) is 0 Å². The minimum absolute atomic E-state index is 0.224. The van der Waals surface area contributed by atoms with Crippen LogP contribution in [0.3, 0.4) is 0 Å². The Morgan fingerprint density at radius 2 is 1.81 bits per heavy atom. The van der Waals surface area contributed by atoms with Crippen molar-refractivity contribution in [2.24, 2.45) is 11.8 Å². The molecule has 1 atom stereocenters. The van der Waals surface area contributed by atoms with E-state index in [1.165, 1.54) is 31.4 Å². The summed E-state index contributed by atoms with van der Waals surface area (Å²) >= 11 is 0. The Morgan fingerprint density at radius 3 is 2.38 bits per heavy atom. The maximum absolute atomic E-state index is 11.9. The van der Waals surface area contributed by atoms with Crippen molar-refractivity contribution in [1.82, 2.24) is 0 Å². The van der Waals surface area contributed by atoms with Gasteiger partial charge >= 0.3 is 0 Å². The Hall–Kier alpha value is -1.55. The number of likely N-dealkylation sites (N-methyl/N-ethyl adjacent to an activating group) is 1. The first kappa shape index (κ1) is 13.1. The number of amides is 1. The maximum Gasteiger partial charge on any atom is 0.260 e. The van der Waals surface area contributed by atoms with Gasteiger partial charge in [0.25, 0.3) is 5.91 Å². The fourth-order valence-electron chi connectivity index (χ4n) is 3.20. The second-order valence-electron chi connectivity index (χ2n) is 6.83. The van der Waals surface area contributed by atoms with Gasteiger partial charge in [0.05, 0.1) is 5.69 Å². The van der Waals surface area contributed by atoms with E-state index in [2.05, 4.69) is 17.0 Å². The molecule has 1 unspecified atom stereocenters. The molecule has 2 saturated carbocycles. The van der Waals surface area contributed by atoms with Gasteiger partial charge in [-0.25, -0.2) is 0 Å². The standard InChI is InChI=1S/C17H22N2O2/c1-18-15-8-13(6-7-14(15)16(20)17(18)21)19(9-11-2-3-11)10-12-4-5-12/h6-8,11-12,16,20H,2-5,9-10H2,1H3. The summed E-state index contributed by atoms with van der Waals surface area (Å²) in [5, 5.41) is 9.96.